The second kappa shape index (κ2) is 6.51. The lowest BCUT2D eigenvalue weighted by molar-refractivity contribution is 0.116. The van der Waals surface area contributed by atoms with Gasteiger partial charge in [-0.25, -0.2) is 0 Å². The van der Waals surface area contributed by atoms with Gasteiger partial charge in [-0.2, -0.15) is 15.0 Å². The summed E-state index contributed by atoms with van der Waals surface area (Å²) < 4.78 is 11.0. The Labute approximate surface area is 113 Å². The Balaban J connectivity index is 2.09. The number of nitrogens with zero attached hydrogens (tertiary/aromatic N) is 4. The summed E-state index contributed by atoms with van der Waals surface area (Å²) in [6.07, 6.45) is 2.48. The van der Waals surface area contributed by atoms with Gasteiger partial charge in [0, 0.05) is 27.2 Å². The smallest absolute Gasteiger partial charge is 0.323 e. The molecule has 2 rings (SSSR count). The van der Waals surface area contributed by atoms with E-state index in [2.05, 4.69) is 20.3 Å². The van der Waals surface area contributed by atoms with Crippen LogP contribution in [-0.2, 0) is 4.74 Å². The normalized spacial score (nSPS) is 18.4. The van der Waals surface area contributed by atoms with Crippen molar-refractivity contribution in [2.24, 2.45) is 0 Å². The monoisotopic (exact) mass is 267 g/mol. The summed E-state index contributed by atoms with van der Waals surface area (Å²) >= 11 is 0. The summed E-state index contributed by atoms with van der Waals surface area (Å²) in [5, 5.41) is 2.91. The van der Waals surface area contributed by atoms with Crippen molar-refractivity contribution in [1.82, 2.24) is 15.0 Å². The maximum atomic E-state index is 5.62. The van der Waals surface area contributed by atoms with Crippen LogP contribution in [0.2, 0.25) is 0 Å². The number of nitrogens with one attached hydrogen (secondary N) is 1. The van der Waals surface area contributed by atoms with Crippen molar-refractivity contribution in [3.05, 3.63) is 0 Å². The average Bonchev–Trinajstić information content (AvgIpc) is 2.91. The highest BCUT2D eigenvalue weighted by molar-refractivity contribution is 5.37. The minimum absolute atomic E-state index is 0.260. The van der Waals surface area contributed by atoms with E-state index in [0.717, 1.165) is 26.0 Å². The van der Waals surface area contributed by atoms with Crippen LogP contribution < -0.4 is 15.0 Å². The van der Waals surface area contributed by atoms with Gasteiger partial charge >= 0.3 is 6.01 Å². The molecule has 19 heavy (non-hydrogen) atoms. The van der Waals surface area contributed by atoms with Gasteiger partial charge in [0.05, 0.1) is 12.7 Å². The van der Waals surface area contributed by atoms with Crippen molar-refractivity contribution in [3.8, 4) is 6.01 Å². The second-order valence-electron chi connectivity index (χ2n) is 4.44. The molecule has 1 aromatic heterocycles. The fourth-order valence-corrected chi connectivity index (χ4v) is 2.00. The highest BCUT2D eigenvalue weighted by Crippen LogP contribution is 2.17. The third-order valence-electron chi connectivity index (χ3n) is 2.94. The number of likely N-dealkylation sites (N-methyl/N-ethyl adjacent to an activating group) is 1. The molecule has 0 radical (unpaired) electrons. The Morgan fingerprint density at radius 2 is 2.26 bits per heavy atom. The molecule has 0 amide bonds. The van der Waals surface area contributed by atoms with Crippen LogP contribution in [0.15, 0.2) is 0 Å². The van der Waals surface area contributed by atoms with E-state index in [-0.39, 0.29) is 6.10 Å². The molecule has 0 aromatic carbocycles. The van der Waals surface area contributed by atoms with Crippen LogP contribution in [0, 0.1) is 0 Å². The van der Waals surface area contributed by atoms with Crippen molar-refractivity contribution in [1.29, 1.82) is 0 Å². The van der Waals surface area contributed by atoms with E-state index in [1.54, 1.807) is 7.05 Å². The minimum Gasteiger partial charge on any atom is -0.464 e. The molecule has 0 aliphatic carbocycles. The molecule has 1 atom stereocenters. The Morgan fingerprint density at radius 1 is 1.42 bits per heavy atom. The van der Waals surface area contributed by atoms with Gasteiger partial charge in [0.15, 0.2) is 0 Å². The van der Waals surface area contributed by atoms with E-state index in [1.165, 1.54) is 0 Å². The topological polar surface area (TPSA) is 72.4 Å². The third kappa shape index (κ3) is 3.66. The van der Waals surface area contributed by atoms with Crippen LogP contribution in [0.5, 0.6) is 6.01 Å². The van der Waals surface area contributed by atoms with E-state index in [4.69, 9.17) is 9.47 Å². The molecule has 0 spiro atoms. The SMILES string of the molecule is CCOc1nc(NC)nc(N(C)CC2CCCO2)n1. The molecule has 1 aromatic rings. The first kappa shape index (κ1) is 13.8. The lowest BCUT2D eigenvalue weighted by Gasteiger charge is -2.21. The number of hydrogen-bond acceptors (Lipinski definition) is 7. The molecule has 1 aliphatic rings. The summed E-state index contributed by atoms with van der Waals surface area (Å²) in [6, 6.07) is 0.344. The van der Waals surface area contributed by atoms with Crippen LogP contribution >= 0.6 is 0 Å². The lowest BCUT2D eigenvalue weighted by atomic mass is 10.2. The lowest BCUT2D eigenvalue weighted by Crippen LogP contribution is -2.30. The van der Waals surface area contributed by atoms with Gasteiger partial charge in [0.25, 0.3) is 0 Å². The average molecular weight is 267 g/mol. The highest BCUT2D eigenvalue weighted by Gasteiger charge is 2.19. The van der Waals surface area contributed by atoms with E-state index >= 15 is 0 Å². The molecule has 106 valence electrons. The zero-order valence-corrected chi connectivity index (χ0v) is 11.7. The van der Waals surface area contributed by atoms with Crippen LogP contribution in [0.1, 0.15) is 19.8 Å². The van der Waals surface area contributed by atoms with Gasteiger partial charge in [0.1, 0.15) is 0 Å². The third-order valence-corrected chi connectivity index (χ3v) is 2.94. The molecule has 7 nitrogen and oxygen atoms in total. The van der Waals surface area contributed by atoms with E-state index in [9.17, 15) is 0 Å². The van der Waals surface area contributed by atoms with Gasteiger partial charge in [-0.15, -0.1) is 0 Å². The largest absolute Gasteiger partial charge is 0.464 e. The van der Waals surface area contributed by atoms with Crippen molar-refractivity contribution in [2.45, 2.75) is 25.9 Å². The molecule has 2 heterocycles. The number of hydrogen-bond donors (Lipinski definition) is 1. The van der Waals surface area contributed by atoms with Gasteiger partial charge in [-0.05, 0) is 19.8 Å². The molecular weight excluding hydrogens is 246 g/mol. The summed E-state index contributed by atoms with van der Waals surface area (Å²) in [5.41, 5.74) is 0. The van der Waals surface area contributed by atoms with Crippen molar-refractivity contribution in [2.75, 3.05) is 44.1 Å². The Kier molecular flexibility index (Phi) is 4.73. The maximum absolute atomic E-state index is 5.62. The number of ether oxygens (including phenoxy) is 2. The molecule has 1 saturated heterocycles. The fraction of sp³-hybridized carbons (Fsp3) is 0.750. The molecule has 0 bridgehead atoms. The van der Waals surface area contributed by atoms with E-state index < -0.39 is 0 Å². The summed E-state index contributed by atoms with van der Waals surface area (Å²) in [6.45, 7) is 4.06. The van der Waals surface area contributed by atoms with Crippen molar-refractivity contribution < 1.29 is 9.47 Å². The zero-order chi connectivity index (χ0) is 13.7. The molecule has 7 heteroatoms. The standard InChI is InChI=1S/C12H21N5O2/c1-4-18-12-15-10(13-2)14-11(16-12)17(3)8-9-6-5-7-19-9/h9H,4-8H2,1-3H3,(H,13,14,15,16). The van der Waals surface area contributed by atoms with Gasteiger partial charge in [0.2, 0.25) is 11.9 Å². The second-order valence-corrected chi connectivity index (χ2v) is 4.44. The van der Waals surface area contributed by atoms with Crippen molar-refractivity contribution >= 4 is 11.9 Å². The first-order valence-corrected chi connectivity index (χ1v) is 6.62. The first-order chi connectivity index (χ1) is 9.22. The minimum atomic E-state index is 0.260. The number of aromatic nitrogens is 3. The first-order valence-electron chi connectivity index (χ1n) is 6.62. The molecule has 1 fully saturated rings. The van der Waals surface area contributed by atoms with Crippen LogP contribution in [0.3, 0.4) is 0 Å². The summed E-state index contributed by atoms with van der Waals surface area (Å²) in [4.78, 5) is 14.7. The van der Waals surface area contributed by atoms with Gasteiger partial charge in [-0.3, -0.25) is 0 Å². The van der Waals surface area contributed by atoms with E-state index in [0.29, 0.717) is 24.5 Å². The van der Waals surface area contributed by atoms with Crippen LogP contribution in [0.4, 0.5) is 11.9 Å². The zero-order valence-electron chi connectivity index (χ0n) is 11.7. The maximum Gasteiger partial charge on any atom is 0.323 e. The van der Waals surface area contributed by atoms with Gasteiger partial charge < -0.3 is 19.7 Å². The van der Waals surface area contributed by atoms with Crippen molar-refractivity contribution in [3.63, 3.8) is 0 Å². The number of anilines is 2. The predicted octanol–water partition coefficient (Wildman–Crippen LogP) is 0.927. The van der Waals surface area contributed by atoms with Gasteiger partial charge in [-0.1, -0.05) is 0 Å². The highest BCUT2D eigenvalue weighted by atomic mass is 16.5. The predicted molar refractivity (Wildman–Crippen MR) is 72.8 cm³/mol. The molecule has 1 aliphatic heterocycles. The Hall–Kier alpha value is -1.63. The Bertz CT molecular complexity index is 409. The summed E-state index contributed by atoms with van der Waals surface area (Å²) in [5.74, 6) is 1.10. The quantitative estimate of drug-likeness (QED) is 0.821. The molecule has 1 unspecified atom stereocenters. The van der Waals surface area contributed by atoms with Crippen LogP contribution in [-0.4, -0.2) is 54.9 Å². The molecular formula is C12H21N5O2. The Morgan fingerprint density at radius 3 is 2.89 bits per heavy atom. The molecule has 1 N–H and O–H groups in total. The fourth-order valence-electron chi connectivity index (χ4n) is 2.00. The van der Waals surface area contributed by atoms with E-state index in [1.807, 2.05) is 18.9 Å². The molecule has 0 saturated carbocycles. The summed E-state index contributed by atoms with van der Waals surface area (Å²) in [7, 11) is 3.72. The number of rotatable bonds is 6. The van der Waals surface area contributed by atoms with Crippen LogP contribution in [0.25, 0.3) is 0 Å².